The maximum Gasteiger partial charge on any atom is 0.121 e. The molecule has 0 atom stereocenters. The molecule has 0 aliphatic rings. The van der Waals surface area contributed by atoms with Crippen LogP contribution in [0.1, 0.15) is 113 Å². The number of pyridine rings is 1. The zero-order valence-electron chi connectivity index (χ0n) is 46.9. The van der Waals surface area contributed by atoms with Crippen LogP contribution in [0.3, 0.4) is 0 Å². The van der Waals surface area contributed by atoms with E-state index in [1.165, 1.54) is 27.8 Å². The van der Waals surface area contributed by atoms with Crippen LogP contribution < -0.4 is 0 Å². The smallest absolute Gasteiger partial charge is 0.121 e. The minimum Gasteiger partial charge on any atom is -0.501 e. The number of fused-ring (bicyclic) bond motifs is 9. The fourth-order valence-electron chi connectivity index (χ4n) is 10.5. The SMILES string of the molecule is [2H]C(C)(C)c1cnc(-c2[c-]cccc2)cc1C(C)(C)C.[2H]C([2H])([2H])c1c[c-]c(-c2nc3ccc4ccccc4c3n2-c2c(C(C)C)cc(-c3ccccc3)cc2C(C)C)c2oc3cc4c(ccc5ccccc54)cc3c12.[Ir]. The number of aryl methyl sites for hydroxylation is 1. The van der Waals surface area contributed by atoms with Crippen LogP contribution in [0.4, 0.5) is 0 Å². The molecule has 0 amide bonds. The Morgan fingerprint density at radius 1 is 0.630 bits per heavy atom. The third kappa shape index (κ3) is 8.98. The fourth-order valence-corrected chi connectivity index (χ4v) is 10.5. The van der Waals surface area contributed by atoms with Crippen molar-refractivity contribution in [2.45, 2.75) is 92.3 Å². The van der Waals surface area contributed by atoms with E-state index in [4.69, 9.17) is 14.9 Å². The van der Waals surface area contributed by atoms with Crippen LogP contribution in [0, 0.1) is 19.0 Å². The van der Waals surface area contributed by atoms with Gasteiger partial charge in [0.1, 0.15) is 5.58 Å². The van der Waals surface area contributed by atoms with Crippen molar-refractivity contribution >= 4 is 65.3 Å². The van der Waals surface area contributed by atoms with E-state index in [1.54, 1.807) is 6.07 Å². The van der Waals surface area contributed by atoms with Gasteiger partial charge >= 0.3 is 0 Å². The average molecular weight is 1130 g/mol. The van der Waals surface area contributed by atoms with Crippen LogP contribution in [0.15, 0.2) is 174 Å². The quantitative estimate of drug-likeness (QED) is 0.118. The molecule has 0 aliphatic heterocycles. The largest absolute Gasteiger partial charge is 0.501 e. The van der Waals surface area contributed by atoms with Gasteiger partial charge < -0.3 is 14.0 Å². The van der Waals surface area contributed by atoms with Crippen molar-refractivity contribution in [2.75, 3.05) is 0 Å². The predicted octanol–water partition coefficient (Wildman–Crippen LogP) is 19.0. The molecular weight excluding hydrogens is 1070 g/mol. The second kappa shape index (κ2) is 19.7. The fraction of sp³-hybridized carbons (Fsp3) is 0.206. The van der Waals surface area contributed by atoms with Gasteiger partial charge in [0, 0.05) is 48.2 Å². The van der Waals surface area contributed by atoms with Crippen LogP contribution in [-0.4, -0.2) is 14.5 Å². The van der Waals surface area contributed by atoms with E-state index in [0.29, 0.717) is 27.9 Å². The molecule has 0 bridgehead atoms. The molecule has 0 fully saturated rings. The number of hydrogen-bond donors (Lipinski definition) is 0. The van der Waals surface area contributed by atoms with Crippen LogP contribution in [0.25, 0.3) is 105 Å². The monoisotopic (exact) mass is 1130 g/mol. The van der Waals surface area contributed by atoms with E-state index in [2.05, 4.69) is 191 Å². The molecule has 3 heterocycles. The first-order valence-corrected chi connectivity index (χ1v) is 25.1. The Labute approximate surface area is 449 Å². The van der Waals surface area contributed by atoms with Gasteiger partial charge in [-0.3, -0.25) is 4.98 Å². The summed E-state index contributed by atoms with van der Waals surface area (Å²) in [5.41, 5.74) is 13.6. The summed E-state index contributed by atoms with van der Waals surface area (Å²) in [6, 6.07) is 62.8. The van der Waals surface area contributed by atoms with Gasteiger partial charge in [-0.2, -0.15) is 0 Å². The van der Waals surface area contributed by atoms with Gasteiger partial charge in [0.2, 0.25) is 0 Å². The van der Waals surface area contributed by atoms with Gasteiger partial charge in [0.15, 0.2) is 0 Å². The molecule has 12 rings (SSSR count). The first kappa shape index (κ1) is 44.5. The third-order valence-corrected chi connectivity index (χ3v) is 14.2. The van der Waals surface area contributed by atoms with Crippen LogP contribution in [0.5, 0.6) is 0 Å². The van der Waals surface area contributed by atoms with Gasteiger partial charge in [-0.25, -0.2) is 0 Å². The third-order valence-electron chi connectivity index (χ3n) is 14.2. The van der Waals surface area contributed by atoms with Crippen molar-refractivity contribution in [3.8, 4) is 39.5 Å². The van der Waals surface area contributed by atoms with Crippen molar-refractivity contribution in [3.63, 3.8) is 0 Å². The Kier molecular flexibility index (Phi) is 12.0. The molecule has 0 aliphatic carbocycles. The number of nitrogens with zero attached hydrogens (tertiary/aromatic N) is 3. The Balaban J connectivity index is 0.000000271. The number of rotatable bonds is 7. The Bertz CT molecular complexity index is 4150. The first-order valence-electron chi connectivity index (χ1n) is 27.1. The number of hydrogen-bond acceptors (Lipinski definition) is 3. The number of furan rings is 1. The molecule has 3 aromatic heterocycles. The van der Waals surface area contributed by atoms with Gasteiger partial charge in [-0.1, -0.05) is 183 Å². The zero-order valence-corrected chi connectivity index (χ0v) is 45.3. The summed E-state index contributed by atoms with van der Waals surface area (Å²) in [6.07, 6.45) is 1.85. The van der Waals surface area contributed by atoms with Crippen LogP contribution in [-0.2, 0) is 25.5 Å². The van der Waals surface area contributed by atoms with Gasteiger partial charge in [-0.05, 0) is 119 Å². The van der Waals surface area contributed by atoms with E-state index in [1.807, 2.05) is 56.4 Å². The van der Waals surface area contributed by atoms with E-state index >= 15 is 0 Å². The topological polar surface area (TPSA) is 43.9 Å². The summed E-state index contributed by atoms with van der Waals surface area (Å²) in [5.74, 6) is 0.349. The standard InChI is InChI=1S/C50H39N2O.C18H22N.Ir/c1-29(2)40-26-36(32-13-7-6-8-14-32)27-41(30(3)4)47(40)52-48-38-18-12-10-16-34(38)22-24-44(48)51-50(52)39-23-19-31(5)46-43-25-35-21-20-33-15-9-11-17-37(33)42(35)28-45(43)53-49(39)46;1-13(2)15-12-19-17(11-16(15)18(3,4)5)14-9-7-6-8-10-14;/h6-22,24-30H,1-5H3;6-9,11-13H,1-5H3;/q2*-1;/i5D3;13D;. The first-order chi connectivity index (χ1) is 36.3. The molecule has 73 heavy (non-hydrogen) atoms. The van der Waals surface area contributed by atoms with Crippen molar-refractivity contribution in [1.29, 1.82) is 0 Å². The molecule has 0 saturated heterocycles. The van der Waals surface area contributed by atoms with Crippen LogP contribution >= 0.6 is 0 Å². The van der Waals surface area contributed by atoms with Crippen molar-refractivity contribution in [3.05, 3.63) is 210 Å². The zero-order chi connectivity index (χ0) is 53.4. The second-order valence-corrected chi connectivity index (χ2v) is 21.0. The van der Waals surface area contributed by atoms with E-state index in [9.17, 15) is 0 Å². The minimum absolute atomic E-state index is 0. The second-order valence-electron chi connectivity index (χ2n) is 21.0. The normalized spacial score (nSPS) is 13.1. The summed E-state index contributed by atoms with van der Waals surface area (Å²) in [4.78, 5) is 9.97. The molecular formula is C68H61IrN3O-2. The molecule has 1 radical (unpaired) electrons. The van der Waals surface area contributed by atoms with E-state index in [-0.39, 0.29) is 42.9 Å². The molecule has 9 aromatic carbocycles. The van der Waals surface area contributed by atoms with E-state index < -0.39 is 12.7 Å². The predicted molar refractivity (Wildman–Crippen MR) is 305 cm³/mol. The summed E-state index contributed by atoms with van der Waals surface area (Å²) >= 11 is 0. The number of benzene rings is 9. The van der Waals surface area contributed by atoms with Crippen LogP contribution in [0.2, 0.25) is 0 Å². The molecule has 5 heteroatoms. The average Bonchev–Trinajstić information content (AvgIpc) is 4.05. The molecule has 12 aromatic rings. The van der Waals surface area contributed by atoms with Crippen molar-refractivity contribution in [2.24, 2.45) is 0 Å². The maximum atomic E-state index is 8.66. The molecule has 365 valence electrons. The molecule has 0 spiro atoms. The Morgan fingerprint density at radius 3 is 1.96 bits per heavy atom. The Morgan fingerprint density at radius 2 is 1.29 bits per heavy atom. The van der Waals surface area contributed by atoms with Gasteiger partial charge in [0.25, 0.3) is 0 Å². The molecule has 0 N–H and O–H groups in total. The minimum atomic E-state index is -2.40. The van der Waals surface area contributed by atoms with E-state index in [0.717, 1.165) is 71.2 Å². The van der Waals surface area contributed by atoms with Crippen molar-refractivity contribution in [1.82, 2.24) is 14.5 Å². The Hall–Kier alpha value is -7.17. The molecule has 4 nitrogen and oxygen atoms in total. The summed E-state index contributed by atoms with van der Waals surface area (Å²) in [7, 11) is 0. The molecule has 0 saturated carbocycles. The summed E-state index contributed by atoms with van der Waals surface area (Å²) in [5, 5.41) is 7.84. The number of imidazole rings is 1. The van der Waals surface area contributed by atoms with Gasteiger partial charge in [-0.15, -0.1) is 53.6 Å². The molecule has 0 unspecified atom stereocenters. The maximum absolute atomic E-state index is 8.66. The van der Waals surface area contributed by atoms with Gasteiger partial charge in [0.05, 0.1) is 22.4 Å². The summed E-state index contributed by atoms with van der Waals surface area (Å²) in [6.45, 7) is 16.9. The number of aromatic nitrogens is 3. The van der Waals surface area contributed by atoms with Crippen molar-refractivity contribution < 1.29 is 30.0 Å². The summed E-state index contributed by atoms with van der Waals surface area (Å²) < 4.78 is 43.5.